The van der Waals surface area contributed by atoms with Crippen LogP contribution in [0.4, 0.5) is 13.2 Å². The summed E-state index contributed by atoms with van der Waals surface area (Å²) in [4.78, 5) is 16.6. The van der Waals surface area contributed by atoms with Gasteiger partial charge >= 0.3 is 6.18 Å². The molecule has 0 spiro atoms. The number of aryl methyl sites for hydroxylation is 1. The molecule has 212 valence electrons. The van der Waals surface area contributed by atoms with Crippen molar-refractivity contribution in [1.82, 2.24) is 34.7 Å². The molecule has 3 aromatic heterocycles. The largest absolute Gasteiger partial charge is 0.479 e. The fourth-order valence-electron chi connectivity index (χ4n) is 4.00. The number of alkyl halides is 3. The van der Waals surface area contributed by atoms with E-state index in [1.807, 2.05) is 0 Å². The summed E-state index contributed by atoms with van der Waals surface area (Å²) >= 11 is 0. The zero-order valence-electron chi connectivity index (χ0n) is 22.2. The van der Waals surface area contributed by atoms with Gasteiger partial charge in [0.2, 0.25) is 11.8 Å². The zero-order valence-corrected chi connectivity index (χ0v) is 23.0. The molecule has 40 heavy (non-hydrogen) atoms. The highest BCUT2D eigenvalue weighted by Gasteiger charge is 2.34. The first-order chi connectivity index (χ1) is 18.9. The van der Waals surface area contributed by atoms with Gasteiger partial charge in [0.15, 0.2) is 27.2 Å². The van der Waals surface area contributed by atoms with Gasteiger partial charge in [-0.05, 0) is 26.0 Å². The summed E-state index contributed by atoms with van der Waals surface area (Å²) in [6, 6.07) is 4.43. The Morgan fingerprint density at radius 3 is 2.23 bits per heavy atom. The fourth-order valence-corrected chi connectivity index (χ4v) is 5.58. The Kier molecular flexibility index (Phi) is 8.05. The maximum absolute atomic E-state index is 13.6. The monoisotopic (exact) mass is 577 g/mol. The normalized spacial score (nSPS) is 13.6. The van der Waals surface area contributed by atoms with Crippen molar-refractivity contribution in [3.05, 3.63) is 65.8 Å². The molecule has 11 nitrogen and oxygen atoms in total. The van der Waals surface area contributed by atoms with E-state index < -0.39 is 38.5 Å². The van der Waals surface area contributed by atoms with Crippen molar-refractivity contribution >= 4 is 9.84 Å². The van der Waals surface area contributed by atoms with Gasteiger partial charge in [-0.2, -0.15) is 23.1 Å². The van der Waals surface area contributed by atoms with Gasteiger partial charge in [-0.15, -0.1) is 10.2 Å². The first kappa shape index (κ1) is 28.9. The van der Waals surface area contributed by atoms with Gasteiger partial charge in [0.1, 0.15) is 12.1 Å². The van der Waals surface area contributed by atoms with E-state index in [-0.39, 0.29) is 34.7 Å². The second-order valence-corrected chi connectivity index (χ2v) is 11.3. The summed E-state index contributed by atoms with van der Waals surface area (Å²) in [5, 5.41) is 7.24. The Hall–Kier alpha value is -4.14. The summed E-state index contributed by atoms with van der Waals surface area (Å²) < 4.78 is 79.8. The van der Waals surface area contributed by atoms with E-state index in [1.165, 1.54) is 37.1 Å². The van der Waals surface area contributed by atoms with Crippen molar-refractivity contribution in [2.24, 2.45) is 0 Å². The maximum atomic E-state index is 13.6. The van der Waals surface area contributed by atoms with Crippen molar-refractivity contribution in [3.63, 3.8) is 0 Å². The third kappa shape index (κ3) is 5.73. The second-order valence-electron chi connectivity index (χ2n) is 8.98. The lowest BCUT2D eigenvalue weighted by Crippen LogP contribution is -2.27. The third-order valence-electron chi connectivity index (χ3n) is 6.41. The van der Waals surface area contributed by atoms with Crippen LogP contribution in [0.15, 0.2) is 43.0 Å². The van der Waals surface area contributed by atoms with Crippen LogP contribution in [0.2, 0.25) is 0 Å². The molecular weight excluding hydrogens is 551 g/mol. The average Bonchev–Trinajstić information content (AvgIpc) is 3.33. The Bertz CT molecular complexity index is 1590. The van der Waals surface area contributed by atoms with E-state index in [9.17, 15) is 21.6 Å². The maximum Gasteiger partial charge on any atom is 0.416 e. The molecule has 0 aliphatic rings. The number of rotatable bonds is 9. The first-order valence-corrected chi connectivity index (χ1v) is 13.6. The number of aromatic nitrogens is 7. The molecule has 4 aromatic rings. The van der Waals surface area contributed by atoms with Crippen molar-refractivity contribution in [2.45, 2.75) is 43.9 Å². The van der Waals surface area contributed by atoms with Crippen LogP contribution in [0.3, 0.4) is 0 Å². The summed E-state index contributed by atoms with van der Waals surface area (Å²) in [5.74, 6) is -1.41. The molecule has 0 bridgehead atoms. The minimum atomic E-state index is -4.62. The predicted octanol–water partition coefficient (Wildman–Crippen LogP) is 3.97. The lowest BCUT2D eigenvalue weighted by Gasteiger charge is -2.20. The summed E-state index contributed by atoms with van der Waals surface area (Å²) in [7, 11) is -1.29. The van der Waals surface area contributed by atoms with Gasteiger partial charge in [-0.25, -0.2) is 8.42 Å². The van der Waals surface area contributed by atoms with Crippen LogP contribution in [0, 0.1) is 6.92 Å². The molecule has 0 N–H and O–H groups in total. The lowest BCUT2D eigenvalue weighted by molar-refractivity contribution is -0.137. The van der Waals surface area contributed by atoms with Crippen LogP contribution in [0.25, 0.3) is 17.1 Å². The van der Waals surface area contributed by atoms with E-state index in [0.29, 0.717) is 11.4 Å². The van der Waals surface area contributed by atoms with Crippen LogP contribution in [0.5, 0.6) is 11.8 Å². The SMILES string of the molecule is COc1ncnc(OC)c1-n1c(CS(=O)(=O)[C@@H](C)[C@H](C)c2cnc(C)cn2)nnc1-c1cccc(C(F)(F)F)c1. The van der Waals surface area contributed by atoms with Crippen molar-refractivity contribution in [3.8, 4) is 28.8 Å². The van der Waals surface area contributed by atoms with Crippen LogP contribution >= 0.6 is 0 Å². The van der Waals surface area contributed by atoms with Crippen molar-refractivity contribution < 1.29 is 31.1 Å². The van der Waals surface area contributed by atoms with Crippen LogP contribution < -0.4 is 9.47 Å². The quantitative estimate of drug-likeness (QED) is 0.288. The zero-order chi connectivity index (χ0) is 29.2. The van der Waals surface area contributed by atoms with Gasteiger partial charge in [0, 0.05) is 23.9 Å². The average molecular weight is 578 g/mol. The highest BCUT2D eigenvalue weighted by molar-refractivity contribution is 7.91. The topological polar surface area (TPSA) is 135 Å². The first-order valence-electron chi connectivity index (χ1n) is 11.9. The Balaban J connectivity index is 1.86. The number of sulfone groups is 1. The summed E-state index contributed by atoms with van der Waals surface area (Å²) in [6.45, 7) is 5.03. The third-order valence-corrected chi connectivity index (χ3v) is 8.61. The van der Waals surface area contributed by atoms with E-state index >= 15 is 0 Å². The van der Waals surface area contributed by atoms with E-state index in [1.54, 1.807) is 27.0 Å². The number of halogens is 3. The predicted molar refractivity (Wildman–Crippen MR) is 138 cm³/mol. The van der Waals surface area contributed by atoms with Crippen molar-refractivity contribution in [2.75, 3.05) is 14.2 Å². The fraction of sp³-hybridized carbons (Fsp3) is 0.360. The molecule has 0 fully saturated rings. The number of methoxy groups -OCH3 is 2. The van der Waals surface area contributed by atoms with Gasteiger partial charge in [0.25, 0.3) is 0 Å². The number of hydrogen-bond acceptors (Lipinski definition) is 10. The molecule has 2 atom stereocenters. The van der Waals surface area contributed by atoms with Crippen molar-refractivity contribution in [1.29, 1.82) is 0 Å². The Morgan fingerprint density at radius 1 is 0.975 bits per heavy atom. The summed E-state index contributed by atoms with van der Waals surface area (Å²) in [5.41, 5.74) is 0.316. The molecule has 0 amide bonds. The summed E-state index contributed by atoms with van der Waals surface area (Å²) in [6.07, 6.45) is -0.380. The molecule has 15 heteroatoms. The van der Waals surface area contributed by atoms with E-state index in [2.05, 4.69) is 30.1 Å². The van der Waals surface area contributed by atoms with Crippen LogP contribution in [-0.4, -0.2) is 62.6 Å². The molecule has 0 radical (unpaired) electrons. The number of benzene rings is 1. The minimum Gasteiger partial charge on any atom is -0.479 e. The van der Waals surface area contributed by atoms with Crippen LogP contribution in [-0.2, 0) is 21.8 Å². The molecular formula is C25H26F3N7O4S. The molecule has 1 aromatic carbocycles. The Morgan fingerprint density at radius 2 is 1.65 bits per heavy atom. The highest BCUT2D eigenvalue weighted by Crippen LogP contribution is 2.37. The molecule has 0 saturated heterocycles. The second kappa shape index (κ2) is 11.2. The molecule has 3 heterocycles. The molecule has 0 unspecified atom stereocenters. The molecule has 0 aliphatic carbocycles. The van der Waals surface area contributed by atoms with E-state index in [0.717, 1.165) is 18.5 Å². The van der Waals surface area contributed by atoms with Crippen LogP contribution in [0.1, 0.15) is 42.5 Å². The van der Waals surface area contributed by atoms with E-state index in [4.69, 9.17) is 9.47 Å². The Labute approximate surface area is 228 Å². The van der Waals surface area contributed by atoms with Gasteiger partial charge < -0.3 is 9.47 Å². The minimum absolute atomic E-state index is 0.0234. The molecule has 4 rings (SSSR count). The van der Waals surface area contributed by atoms with Gasteiger partial charge in [-0.3, -0.25) is 14.5 Å². The molecule has 0 saturated carbocycles. The van der Waals surface area contributed by atoms with Gasteiger partial charge in [-0.1, -0.05) is 19.1 Å². The molecule has 0 aliphatic heterocycles. The number of hydrogen-bond donors (Lipinski definition) is 0. The smallest absolute Gasteiger partial charge is 0.416 e. The highest BCUT2D eigenvalue weighted by atomic mass is 32.2. The number of ether oxygens (including phenoxy) is 2. The lowest BCUT2D eigenvalue weighted by atomic mass is 10.1. The van der Waals surface area contributed by atoms with Gasteiger partial charge in [0.05, 0.1) is 36.4 Å². The standard InChI is InChI=1S/C25H26F3N7O4S/c1-14-10-30-19(11-29-14)15(2)16(3)40(36,37)12-20-33-34-22(17-7-6-8-18(9-17)25(26,27)28)35(20)21-23(38-4)31-13-32-24(21)39-5/h6-11,13,15-16H,12H2,1-5H3/t15-,16-/m0/s1. The number of nitrogens with zero attached hydrogens (tertiary/aromatic N) is 7.